The van der Waals surface area contributed by atoms with Crippen LogP contribution >= 0.6 is 0 Å². The Bertz CT molecular complexity index is 1210. The largest absolute Gasteiger partial charge is 0.322 e. The number of carbonyl (C=O) groups is 1. The number of carbonyl (C=O) groups excluding carboxylic acids is 1. The van der Waals surface area contributed by atoms with Gasteiger partial charge in [0, 0.05) is 44.0 Å². The summed E-state index contributed by atoms with van der Waals surface area (Å²) in [6.45, 7) is 6.80. The summed E-state index contributed by atoms with van der Waals surface area (Å²) in [6.07, 6.45) is 0. The third-order valence-electron chi connectivity index (χ3n) is 5.89. The van der Waals surface area contributed by atoms with Crippen LogP contribution in [0.5, 0.6) is 0 Å². The van der Waals surface area contributed by atoms with Crippen LogP contribution < -0.4 is 5.32 Å². The van der Waals surface area contributed by atoms with E-state index < -0.39 is 10.0 Å². The normalized spacial score (nSPS) is 15.3. The van der Waals surface area contributed by atoms with Gasteiger partial charge in [-0.1, -0.05) is 47.5 Å². The Morgan fingerprint density at radius 3 is 2.09 bits per heavy atom. The van der Waals surface area contributed by atoms with Crippen molar-refractivity contribution in [3.05, 3.63) is 95.1 Å². The lowest BCUT2D eigenvalue weighted by Gasteiger charge is -2.34. The molecule has 0 aromatic heterocycles. The van der Waals surface area contributed by atoms with Crippen LogP contribution in [0, 0.1) is 13.8 Å². The Balaban J connectivity index is 1.35. The molecule has 0 aliphatic carbocycles. The number of hydrogen-bond donors (Lipinski definition) is 1. The van der Waals surface area contributed by atoms with E-state index in [1.807, 2.05) is 68.4 Å². The van der Waals surface area contributed by atoms with Crippen molar-refractivity contribution in [1.82, 2.24) is 9.21 Å². The third-order valence-corrected chi connectivity index (χ3v) is 7.81. The number of anilines is 1. The second kappa shape index (κ2) is 9.87. The number of hydrogen-bond acceptors (Lipinski definition) is 4. The lowest BCUT2D eigenvalue weighted by molar-refractivity contribution is 0.102. The first-order chi connectivity index (χ1) is 15.8. The van der Waals surface area contributed by atoms with Crippen molar-refractivity contribution in [2.75, 3.05) is 31.5 Å². The van der Waals surface area contributed by atoms with Crippen LogP contribution in [0.1, 0.15) is 27.0 Å². The first-order valence-corrected chi connectivity index (χ1v) is 12.5. The fraction of sp³-hybridized carbons (Fsp3) is 0.269. The van der Waals surface area contributed by atoms with Crippen LogP contribution in [0.3, 0.4) is 0 Å². The minimum absolute atomic E-state index is 0.144. The van der Waals surface area contributed by atoms with Gasteiger partial charge < -0.3 is 5.32 Å². The van der Waals surface area contributed by atoms with Gasteiger partial charge in [0.1, 0.15) is 0 Å². The lowest BCUT2D eigenvalue weighted by atomic mass is 10.1. The molecule has 0 radical (unpaired) electrons. The van der Waals surface area contributed by atoms with Gasteiger partial charge in [-0.25, -0.2) is 8.42 Å². The van der Waals surface area contributed by atoms with Crippen LogP contribution in [-0.2, 0) is 16.6 Å². The van der Waals surface area contributed by atoms with E-state index in [0.29, 0.717) is 43.2 Å². The topological polar surface area (TPSA) is 69.7 Å². The minimum atomic E-state index is -3.47. The fourth-order valence-corrected chi connectivity index (χ4v) is 5.32. The van der Waals surface area contributed by atoms with Gasteiger partial charge in [0.05, 0.1) is 4.90 Å². The fourth-order valence-electron chi connectivity index (χ4n) is 3.90. The Hall–Kier alpha value is -3.00. The van der Waals surface area contributed by atoms with E-state index in [4.69, 9.17) is 0 Å². The number of piperazine rings is 1. The molecule has 0 atom stereocenters. The molecule has 1 aliphatic heterocycles. The molecule has 4 rings (SSSR count). The van der Waals surface area contributed by atoms with Crippen molar-refractivity contribution in [1.29, 1.82) is 0 Å². The summed E-state index contributed by atoms with van der Waals surface area (Å²) in [5, 5.41) is 2.93. The van der Waals surface area contributed by atoms with E-state index in [1.54, 1.807) is 22.5 Å². The summed E-state index contributed by atoms with van der Waals surface area (Å²) in [7, 11) is -3.47. The Labute approximate surface area is 195 Å². The second-order valence-electron chi connectivity index (χ2n) is 8.51. The van der Waals surface area contributed by atoms with Gasteiger partial charge in [-0.3, -0.25) is 9.69 Å². The van der Waals surface area contributed by atoms with Gasteiger partial charge in [0.25, 0.3) is 5.91 Å². The molecule has 0 unspecified atom stereocenters. The predicted octanol–water partition coefficient (Wildman–Crippen LogP) is 4.06. The van der Waals surface area contributed by atoms with Crippen molar-refractivity contribution in [3.63, 3.8) is 0 Å². The van der Waals surface area contributed by atoms with Crippen molar-refractivity contribution in [2.45, 2.75) is 25.3 Å². The quantitative estimate of drug-likeness (QED) is 0.599. The van der Waals surface area contributed by atoms with E-state index in [0.717, 1.165) is 22.4 Å². The average Bonchev–Trinajstić information content (AvgIpc) is 2.81. The Kier molecular flexibility index (Phi) is 6.93. The van der Waals surface area contributed by atoms with Gasteiger partial charge in [0.2, 0.25) is 10.0 Å². The highest BCUT2D eigenvalue weighted by Crippen LogP contribution is 2.19. The molecule has 1 aliphatic rings. The van der Waals surface area contributed by atoms with E-state index in [9.17, 15) is 13.2 Å². The molecular formula is C26H29N3O3S. The summed E-state index contributed by atoms with van der Waals surface area (Å²) < 4.78 is 27.4. The molecule has 3 aromatic rings. The van der Waals surface area contributed by atoms with Crippen molar-refractivity contribution < 1.29 is 13.2 Å². The third kappa shape index (κ3) is 5.68. The van der Waals surface area contributed by atoms with Crippen LogP contribution in [0.4, 0.5) is 5.69 Å². The Morgan fingerprint density at radius 2 is 1.45 bits per heavy atom. The Morgan fingerprint density at radius 1 is 0.848 bits per heavy atom. The number of amides is 1. The van der Waals surface area contributed by atoms with Gasteiger partial charge in [-0.05, 0) is 55.8 Å². The first-order valence-electron chi connectivity index (χ1n) is 11.1. The number of benzene rings is 3. The number of rotatable bonds is 6. The molecule has 172 valence electrons. The monoisotopic (exact) mass is 463 g/mol. The highest BCUT2D eigenvalue weighted by Gasteiger charge is 2.28. The van der Waals surface area contributed by atoms with Gasteiger partial charge in [-0.2, -0.15) is 4.31 Å². The average molecular weight is 464 g/mol. The molecule has 33 heavy (non-hydrogen) atoms. The molecule has 0 bridgehead atoms. The number of nitrogens with zero attached hydrogens (tertiary/aromatic N) is 2. The van der Waals surface area contributed by atoms with E-state index in [-0.39, 0.29) is 5.91 Å². The molecule has 1 amide bonds. The maximum atomic E-state index is 12.9. The van der Waals surface area contributed by atoms with Crippen molar-refractivity contribution in [2.24, 2.45) is 0 Å². The highest BCUT2D eigenvalue weighted by molar-refractivity contribution is 7.89. The standard InChI is InChI=1S/C26H29N3O3S/c1-20-6-10-24(11-7-20)27-26(30)23-5-3-4-22(18-23)19-28-14-16-29(17-15-28)33(31,32)25-12-8-21(2)9-13-25/h3-13,18H,14-17,19H2,1-2H3,(H,27,30). The summed E-state index contributed by atoms with van der Waals surface area (Å²) in [5.41, 5.74) is 4.58. The number of aryl methyl sites for hydroxylation is 2. The zero-order valence-electron chi connectivity index (χ0n) is 19.0. The van der Waals surface area contributed by atoms with E-state index in [2.05, 4.69) is 10.2 Å². The molecule has 7 heteroatoms. The zero-order valence-corrected chi connectivity index (χ0v) is 19.8. The van der Waals surface area contributed by atoms with Crippen LogP contribution in [0.15, 0.2) is 77.7 Å². The summed E-state index contributed by atoms with van der Waals surface area (Å²) in [4.78, 5) is 15.2. The number of sulfonamides is 1. The molecule has 6 nitrogen and oxygen atoms in total. The minimum Gasteiger partial charge on any atom is -0.322 e. The van der Waals surface area contributed by atoms with Crippen LogP contribution in [0.25, 0.3) is 0 Å². The van der Waals surface area contributed by atoms with Crippen LogP contribution in [-0.4, -0.2) is 49.7 Å². The smallest absolute Gasteiger partial charge is 0.255 e. The second-order valence-corrected chi connectivity index (χ2v) is 10.5. The predicted molar refractivity (Wildman–Crippen MR) is 131 cm³/mol. The zero-order chi connectivity index (χ0) is 23.4. The van der Waals surface area contributed by atoms with E-state index in [1.165, 1.54) is 0 Å². The summed E-state index contributed by atoms with van der Waals surface area (Å²) in [5.74, 6) is -0.144. The maximum absolute atomic E-state index is 12.9. The van der Waals surface area contributed by atoms with Gasteiger partial charge in [-0.15, -0.1) is 0 Å². The summed E-state index contributed by atoms with van der Waals surface area (Å²) >= 11 is 0. The van der Waals surface area contributed by atoms with E-state index >= 15 is 0 Å². The SMILES string of the molecule is Cc1ccc(NC(=O)c2cccc(CN3CCN(S(=O)(=O)c4ccc(C)cc4)CC3)c2)cc1. The molecule has 1 fully saturated rings. The molecule has 1 heterocycles. The van der Waals surface area contributed by atoms with Crippen molar-refractivity contribution >= 4 is 21.6 Å². The molecule has 0 saturated carbocycles. The van der Waals surface area contributed by atoms with Gasteiger partial charge >= 0.3 is 0 Å². The first kappa shape index (κ1) is 23.2. The van der Waals surface area contributed by atoms with Crippen molar-refractivity contribution in [3.8, 4) is 0 Å². The lowest BCUT2D eigenvalue weighted by Crippen LogP contribution is -2.48. The molecule has 3 aromatic carbocycles. The van der Waals surface area contributed by atoms with Gasteiger partial charge in [0.15, 0.2) is 0 Å². The molecule has 1 saturated heterocycles. The number of nitrogens with one attached hydrogen (secondary N) is 1. The highest BCUT2D eigenvalue weighted by atomic mass is 32.2. The molecule has 0 spiro atoms. The molecular weight excluding hydrogens is 434 g/mol. The molecule has 1 N–H and O–H groups in total. The summed E-state index contributed by atoms with van der Waals surface area (Å²) in [6, 6.07) is 22.3. The maximum Gasteiger partial charge on any atom is 0.255 e. The van der Waals surface area contributed by atoms with Crippen LogP contribution in [0.2, 0.25) is 0 Å².